The molecule has 3 amide bonds. The molecule has 0 saturated carbocycles. The van der Waals surface area contributed by atoms with Gasteiger partial charge in [-0.15, -0.1) is 0 Å². The van der Waals surface area contributed by atoms with Crippen LogP contribution in [0, 0.1) is 13.8 Å². The normalized spacial score (nSPS) is 11.7. The Balaban J connectivity index is 1.34. The van der Waals surface area contributed by atoms with E-state index in [9.17, 15) is 14.4 Å². The molecule has 0 saturated heterocycles. The van der Waals surface area contributed by atoms with Gasteiger partial charge < -0.3 is 40.5 Å². The highest BCUT2D eigenvalue weighted by molar-refractivity contribution is 6.12. The lowest BCUT2D eigenvalue weighted by atomic mass is 10.1. The van der Waals surface area contributed by atoms with Crippen molar-refractivity contribution in [2.24, 2.45) is 17.2 Å². The molecule has 62 heavy (non-hydrogen) atoms. The summed E-state index contributed by atoms with van der Waals surface area (Å²) in [5.74, 6) is -0.177. The number of aromatic nitrogens is 9. The van der Waals surface area contributed by atoms with Crippen molar-refractivity contribution in [2.75, 3.05) is 38.8 Å². The molecule has 7 aromatic rings. The van der Waals surface area contributed by atoms with Crippen LogP contribution >= 0.6 is 0 Å². The van der Waals surface area contributed by atoms with Gasteiger partial charge in [0.25, 0.3) is 5.91 Å². The molecule has 0 atom stereocenters. The number of amides is 3. The van der Waals surface area contributed by atoms with Crippen LogP contribution in [-0.4, -0.2) is 94.8 Å². The van der Waals surface area contributed by atoms with E-state index in [4.69, 9.17) is 46.4 Å². The molecule has 19 heteroatoms. The van der Waals surface area contributed by atoms with Gasteiger partial charge in [0.1, 0.15) is 34.1 Å². The first kappa shape index (κ1) is 43.0. The third kappa shape index (κ3) is 8.70. The zero-order valence-electron chi connectivity index (χ0n) is 35.5. The van der Waals surface area contributed by atoms with Crippen LogP contribution < -0.4 is 32.0 Å². The van der Waals surface area contributed by atoms with Crippen LogP contribution in [-0.2, 0) is 30.9 Å². The van der Waals surface area contributed by atoms with Gasteiger partial charge in [-0.05, 0) is 77.1 Å². The average Bonchev–Trinajstić information content (AvgIpc) is 4.01. The fourth-order valence-corrected chi connectivity index (χ4v) is 7.39. The second-order valence-electron chi connectivity index (χ2n) is 14.6. The molecule has 2 aromatic carbocycles. The summed E-state index contributed by atoms with van der Waals surface area (Å²) in [6.45, 7) is 10.7. The van der Waals surface area contributed by atoms with Crippen LogP contribution in [0.1, 0.15) is 69.3 Å². The molecule has 0 unspecified atom stereocenters. The number of benzene rings is 2. The van der Waals surface area contributed by atoms with Crippen molar-refractivity contribution >= 4 is 56.6 Å². The highest BCUT2D eigenvalue weighted by Gasteiger charge is 2.23. The van der Waals surface area contributed by atoms with E-state index in [2.05, 4.69) is 15.5 Å². The van der Waals surface area contributed by atoms with E-state index >= 15 is 0 Å². The summed E-state index contributed by atoms with van der Waals surface area (Å²) < 4.78 is 25.0. The number of carbonyl (C=O) groups is 3. The number of aryl methyl sites for hydroxylation is 4. The van der Waals surface area contributed by atoms with Gasteiger partial charge in [0.05, 0.1) is 35.6 Å². The minimum atomic E-state index is -0.657. The number of rotatable bonds is 20. The average molecular weight is 846 g/mol. The first-order valence-electron chi connectivity index (χ1n) is 20.4. The predicted molar refractivity (Wildman–Crippen MR) is 234 cm³/mol. The number of hydrogen-bond donors (Lipinski definition) is 4. The first-order chi connectivity index (χ1) is 30.0. The molecule has 0 fully saturated rings. The summed E-state index contributed by atoms with van der Waals surface area (Å²) >= 11 is 0. The number of nitrogens with one attached hydrogen (secondary N) is 1. The van der Waals surface area contributed by atoms with Gasteiger partial charge in [-0.3, -0.25) is 29.1 Å². The van der Waals surface area contributed by atoms with Gasteiger partial charge in [-0.25, -0.2) is 15.0 Å². The number of ether oxygens (including phenoxy) is 3. The van der Waals surface area contributed by atoms with E-state index in [0.29, 0.717) is 114 Å². The van der Waals surface area contributed by atoms with Crippen LogP contribution in [0.15, 0.2) is 54.7 Å². The Morgan fingerprint density at radius 3 is 2.08 bits per heavy atom. The van der Waals surface area contributed by atoms with Crippen molar-refractivity contribution in [3.05, 3.63) is 83.0 Å². The summed E-state index contributed by atoms with van der Waals surface area (Å²) in [5, 5.41) is 13.4. The van der Waals surface area contributed by atoms with Crippen molar-refractivity contribution in [1.29, 1.82) is 0 Å². The summed E-state index contributed by atoms with van der Waals surface area (Å²) in [6, 6.07) is 10.2. The molecule has 5 heterocycles. The lowest BCUT2D eigenvalue weighted by Gasteiger charge is -2.13. The number of hydrogen-bond acceptors (Lipinski definition) is 12. The number of imidazole rings is 1. The highest BCUT2D eigenvalue weighted by atomic mass is 16.5. The van der Waals surface area contributed by atoms with E-state index in [-0.39, 0.29) is 30.2 Å². The van der Waals surface area contributed by atoms with E-state index in [1.807, 2.05) is 55.2 Å². The second-order valence-corrected chi connectivity index (χ2v) is 14.6. The predicted octanol–water partition coefficient (Wildman–Crippen LogP) is 4.50. The molecular formula is C43H51N13O6. The maximum absolute atomic E-state index is 13.8. The molecule has 19 nitrogen and oxygen atoms in total. The molecule has 5 aromatic heterocycles. The van der Waals surface area contributed by atoms with Crippen molar-refractivity contribution in [2.45, 2.75) is 66.7 Å². The molecule has 0 aliphatic carbocycles. The number of anilines is 1. The third-order valence-corrected chi connectivity index (χ3v) is 10.2. The van der Waals surface area contributed by atoms with Gasteiger partial charge in [0.2, 0.25) is 17.8 Å². The zero-order chi connectivity index (χ0) is 44.1. The quantitative estimate of drug-likeness (QED) is 0.0611. The van der Waals surface area contributed by atoms with E-state index in [1.165, 1.54) is 0 Å². The Hall–Kier alpha value is -7.12. The number of nitrogens with two attached hydrogens (primary N) is 3. The second kappa shape index (κ2) is 18.7. The van der Waals surface area contributed by atoms with Crippen molar-refractivity contribution in [3.63, 3.8) is 0 Å². The van der Waals surface area contributed by atoms with Crippen LogP contribution in [0.25, 0.3) is 44.5 Å². The summed E-state index contributed by atoms with van der Waals surface area (Å²) in [6.07, 6.45) is 6.80. The molecule has 0 radical (unpaired) electrons. The van der Waals surface area contributed by atoms with Crippen LogP contribution in [0.3, 0.4) is 0 Å². The van der Waals surface area contributed by atoms with Crippen molar-refractivity contribution < 1.29 is 28.6 Å². The molecule has 0 spiro atoms. The molecule has 0 aliphatic rings. The number of nitrogens with zero attached hydrogens (tertiary/aromatic N) is 9. The topological polar surface area (TPSA) is 253 Å². The van der Waals surface area contributed by atoms with Crippen molar-refractivity contribution in [1.82, 2.24) is 43.6 Å². The lowest BCUT2D eigenvalue weighted by Crippen LogP contribution is -2.20. The molecular weight excluding hydrogens is 795 g/mol. The first-order valence-corrected chi connectivity index (χ1v) is 20.4. The minimum Gasteiger partial charge on any atom is -0.491 e. The van der Waals surface area contributed by atoms with Crippen molar-refractivity contribution in [3.8, 4) is 23.0 Å². The molecule has 7 N–H and O–H groups in total. The molecule has 7 rings (SSSR count). The summed E-state index contributed by atoms with van der Waals surface area (Å²) in [4.78, 5) is 53.5. The number of methoxy groups -OCH3 is 1. The van der Waals surface area contributed by atoms with Crippen LogP contribution in [0.5, 0.6) is 11.5 Å². The van der Waals surface area contributed by atoms with E-state index in [1.54, 1.807) is 52.9 Å². The summed E-state index contributed by atoms with van der Waals surface area (Å²) in [7, 11) is 1.62. The molecule has 0 bridgehead atoms. The van der Waals surface area contributed by atoms with Gasteiger partial charge in [0, 0.05) is 74.4 Å². The van der Waals surface area contributed by atoms with Gasteiger partial charge in [0.15, 0.2) is 5.82 Å². The van der Waals surface area contributed by atoms with Crippen LogP contribution in [0.4, 0.5) is 5.95 Å². The largest absolute Gasteiger partial charge is 0.491 e. The number of fused-ring (bicyclic) bond motifs is 4. The minimum absolute atomic E-state index is 0.197. The Labute approximate surface area is 356 Å². The van der Waals surface area contributed by atoms with E-state index in [0.717, 1.165) is 11.4 Å². The number of allylic oxidation sites excluding steroid dienone is 2. The number of carbonyl (C=O) groups excluding carboxylic acids is 3. The maximum Gasteiger partial charge on any atom is 0.276 e. The van der Waals surface area contributed by atoms with E-state index < -0.39 is 17.7 Å². The van der Waals surface area contributed by atoms with Crippen LogP contribution in [0.2, 0.25) is 0 Å². The SMILES string of the molecule is CCn1nc(C)cc1C(=O)Nc1nc2cc(C(N)=O)cc(OCCCN)c2n1CC=CCn1c2nc(-c3cc(C)nn3CC)ncc2c2cc(C(N)=O)cc(OCCCOC)c21. The maximum atomic E-state index is 13.8. The third-order valence-electron chi connectivity index (χ3n) is 10.2. The highest BCUT2D eigenvalue weighted by Crippen LogP contribution is 2.37. The fourth-order valence-electron chi connectivity index (χ4n) is 7.39. The standard InChI is InChI=1S/C43H51N13O6/c1-6-55-32(18-25(3)51-55)40-47-24-30-29-20-27(38(45)57)22-34(62-17-11-15-60-5)36(29)53(41(30)49-40)13-8-9-14-54-37-31(21-28(39(46)58)23-35(37)61-16-10-12-44)48-43(54)50-42(59)33-19-26(4)52-56(33)7-2/h8-9,18-24H,6-7,10-17,44H2,1-5H3,(H2,45,57)(H2,46,58)(H,48,50,59). The smallest absolute Gasteiger partial charge is 0.276 e. The summed E-state index contributed by atoms with van der Waals surface area (Å²) in [5.41, 5.74) is 22.7. The zero-order valence-corrected chi connectivity index (χ0v) is 35.5. The molecule has 324 valence electrons. The number of primary amides is 2. The Morgan fingerprint density at radius 1 is 0.758 bits per heavy atom. The Kier molecular flexibility index (Phi) is 12.9. The molecule has 0 aliphatic heterocycles. The lowest BCUT2D eigenvalue weighted by molar-refractivity contribution is 0.0991. The Bertz CT molecular complexity index is 2830. The monoisotopic (exact) mass is 845 g/mol. The fraction of sp³-hybridized carbons (Fsp3) is 0.349. The van der Waals surface area contributed by atoms with Gasteiger partial charge >= 0.3 is 0 Å². The Morgan fingerprint density at radius 2 is 1.40 bits per heavy atom. The van der Waals surface area contributed by atoms with Gasteiger partial charge in [-0.2, -0.15) is 10.2 Å². The van der Waals surface area contributed by atoms with Gasteiger partial charge in [-0.1, -0.05) is 12.2 Å².